The lowest BCUT2D eigenvalue weighted by molar-refractivity contribution is -0.137. The zero-order valence-corrected chi connectivity index (χ0v) is 18.4. The summed E-state index contributed by atoms with van der Waals surface area (Å²) in [6, 6.07) is 22.4. The summed E-state index contributed by atoms with van der Waals surface area (Å²) in [4.78, 5) is 26.9. The number of carbonyl (C=O) groups excluding carboxylic acids is 1. The Morgan fingerprint density at radius 2 is 1.59 bits per heavy atom. The predicted molar refractivity (Wildman–Crippen MR) is 127 cm³/mol. The highest BCUT2D eigenvalue weighted by Gasteiger charge is 2.17. The molecular formula is C27H23NO6. The van der Waals surface area contributed by atoms with Crippen LogP contribution in [0.1, 0.15) is 0 Å². The Kier molecular flexibility index (Phi) is 6.27. The number of amides is 1. The highest BCUT2D eigenvalue weighted by atomic mass is 16.5. The molecule has 1 fully saturated rings. The van der Waals surface area contributed by atoms with Gasteiger partial charge in [0.15, 0.2) is 6.61 Å². The van der Waals surface area contributed by atoms with Crippen molar-refractivity contribution >= 4 is 16.9 Å². The third kappa shape index (κ3) is 4.79. The van der Waals surface area contributed by atoms with Crippen molar-refractivity contribution in [3.63, 3.8) is 0 Å². The molecule has 0 atom stereocenters. The highest BCUT2D eigenvalue weighted by molar-refractivity contribution is 5.80. The second kappa shape index (κ2) is 9.80. The molecule has 0 aliphatic carbocycles. The first kappa shape index (κ1) is 21.7. The minimum atomic E-state index is -0.288. The van der Waals surface area contributed by atoms with E-state index in [1.165, 1.54) is 6.26 Å². The molecule has 1 aromatic heterocycles. The summed E-state index contributed by atoms with van der Waals surface area (Å²) in [6.07, 6.45) is 1.29. The van der Waals surface area contributed by atoms with Crippen molar-refractivity contribution < 1.29 is 23.4 Å². The van der Waals surface area contributed by atoms with Crippen molar-refractivity contribution in [3.05, 3.63) is 89.3 Å². The molecule has 1 amide bonds. The Labute approximate surface area is 196 Å². The number of fused-ring (bicyclic) bond motifs is 1. The minimum absolute atomic E-state index is 0.0874. The molecular weight excluding hydrogens is 434 g/mol. The van der Waals surface area contributed by atoms with Gasteiger partial charge in [0.05, 0.1) is 18.6 Å². The van der Waals surface area contributed by atoms with E-state index in [-0.39, 0.29) is 23.7 Å². The molecule has 0 bridgehead atoms. The van der Waals surface area contributed by atoms with Crippen LogP contribution in [0, 0.1) is 0 Å². The monoisotopic (exact) mass is 457 g/mol. The Bertz CT molecular complexity index is 1340. The van der Waals surface area contributed by atoms with E-state index in [1.54, 1.807) is 23.1 Å². The molecule has 0 spiro atoms. The van der Waals surface area contributed by atoms with Gasteiger partial charge in [0, 0.05) is 19.2 Å². The zero-order chi connectivity index (χ0) is 23.3. The molecule has 0 saturated carbocycles. The molecule has 1 aliphatic heterocycles. The summed E-state index contributed by atoms with van der Waals surface area (Å²) >= 11 is 0. The molecule has 7 heteroatoms. The second-order valence-electron chi connectivity index (χ2n) is 7.86. The molecule has 4 aromatic rings. The van der Waals surface area contributed by atoms with Crippen molar-refractivity contribution in [3.8, 4) is 28.4 Å². The number of carbonyl (C=O) groups is 1. The predicted octanol–water partition coefficient (Wildman–Crippen LogP) is 4.49. The Balaban J connectivity index is 1.28. The fourth-order valence-electron chi connectivity index (χ4n) is 3.77. The molecule has 0 radical (unpaired) electrons. The Hall–Kier alpha value is -4.10. The van der Waals surface area contributed by atoms with Crippen LogP contribution in [0.15, 0.2) is 88.3 Å². The SMILES string of the molecule is O=C(COc1ccc2c(=O)c(Oc3ccc(-c4ccccc4)cc3)coc2c1)N1CCOCC1. The van der Waals surface area contributed by atoms with E-state index in [9.17, 15) is 9.59 Å². The molecule has 2 heterocycles. The molecule has 1 aliphatic rings. The van der Waals surface area contributed by atoms with Gasteiger partial charge in [0.25, 0.3) is 5.91 Å². The number of nitrogens with zero attached hydrogens (tertiary/aromatic N) is 1. The van der Waals surface area contributed by atoms with E-state index in [1.807, 2.05) is 54.6 Å². The molecule has 34 heavy (non-hydrogen) atoms. The summed E-state index contributed by atoms with van der Waals surface area (Å²) < 4.78 is 22.3. The summed E-state index contributed by atoms with van der Waals surface area (Å²) in [7, 11) is 0. The molecule has 5 rings (SSSR count). The first-order valence-electron chi connectivity index (χ1n) is 11.0. The summed E-state index contributed by atoms with van der Waals surface area (Å²) in [5.41, 5.74) is 2.22. The van der Waals surface area contributed by atoms with Gasteiger partial charge in [-0.25, -0.2) is 0 Å². The number of ether oxygens (including phenoxy) is 3. The maximum absolute atomic E-state index is 12.9. The van der Waals surface area contributed by atoms with Gasteiger partial charge in [0.2, 0.25) is 11.2 Å². The summed E-state index contributed by atoms with van der Waals surface area (Å²) in [6.45, 7) is 2.11. The number of hydrogen-bond acceptors (Lipinski definition) is 6. The van der Waals surface area contributed by atoms with Crippen molar-refractivity contribution in [1.29, 1.82) is 0 Å². The van der Waals surface area contributed by atoms with Gasteiger partial charge in [-0.1, -0.05) is 42.5 Å². The van der Waals surface area contributed by atoms with Gasteiger partial charge >= 0.3 is 0 Å². The minimum Gasteiger partial charge on any atom is -0.484 e. The van der Waals surface area contributed by atoms with E-state index in [0.29, 0.717) is 48.8 Å². The van der Waals surface area contributed by atoms with Crippen molar-refractivity contribution in [2.24, 2.45) is 0 Å². The molecule has 0 unspecified atom stereocenters. The van der Waals surface area contributed by atoms with E-state index in [2.05, 4.69) is 0 Å². The van der Waals surface area contributed by atoms with Gasteiger partial charge in [-0.3, -0.25) is 9.59 Å². The van der Waals surface area contributed by atoms with Crippen LogP contribution in [-0.2, 0) is 9.53 Å². The van der Waals surface area contributed by atoms with Crippen LogP contribution in [0.2, 0.25) is 0 Å². The molecule has 7 nitrogen and oxygen atoms in total. The van der Waals surface area contributed by atoms with Crippen LogP contribution >= 0.6 is 0 Å². The lowest BCUT2D eigenvalue weighted by Gasteiger charge is -2.26. The fraction of sp³-hybridized carbons (Fsp3) is 0.185. The van der Waals surface area contributed by atoms with Gasteiger partial charge in [0.1, 0.15) is 23.3 Å². The third-order valence-corrected chi connectivity index (χ3v) is 5.63. The van der Waals surface area contributed by atoms with Crippen LogP contribution in [0.3, 0.4) is 0 Å². The van der Waals surface area contributed by atoms with Gasteiger partial charge < -0.3 is 23.5 Å². The molecule has 3 aromatic carbocycles. The van der Waals surface area contributed by atoms with Crippen LogP contribution in [0.4, 0.5) is 0 Å². The van der Waals surface area contributed by atoms with Crippen LogP contribution in [0.25, 0.3) is 22.1 Å². The van der Waals surface area contributed by atoms with Gasteiger partial charge in [-0.15, -0.1) is 0 Å². The zero-order valence-electron chi connectivity index (χ0n) is 18.4. The number of morpholine rings is 1. The summed E-state index contributed by atoms with van der Waals surface area (Å²) in [5, 5.41) is 0.366. The largest absolute Gasteiger partial charge is 0.484 e. The van der Waals surface area contributed by atoms with Crippen LogP contribution in [0.5, 0.6) is 17.2 Å². The van der Waals surface area contributed by atoms with E-state index >= 15 is 0 Å². The number of hydrogen-bond donors (Lipinski definition) is 0. The average molecular weight is 457 g/mol. The fourth-order valence-corrected chi connectivity index (χ4v) is 3.77. The number of benzene rings is 3. The van der Waals surface area contributed by atoms with E-state index < -0.39 is 0 Å². The quantitative estimate of drug-likeness (QED) is 0.425. The first-order valence-corrected chi connectivity index (χ1v) is 11.0. The standard InChI is InChI=1S/C27H23NO6/c29-26(28-12-14-31-15-13-28)18-32-22-10-11-23-24(16-22)33-17-25(27(23)30)34-21-8-6-20(7-9-21)19-4-2-1-3-5-19/h1-11,16-17H,12-15,18H2. The lowest BCUT2D eigenvalue weighted by Crippen LogP contribution is -2.42. The average Bonchev–Trinajstić information content (AvgIpc) is 2.90. The summed E-state index contributed by atoms with van der Waals surface area (Å²) in [5.74, 6) is 0.971. The lowest BCUT2D eigenvalue weighted by atomic mass is 10.1. The van der Waals surface area contributed by atoms with Crippen LogP contribution < -0.4 is 14.9 Å². The first-order chi connectivity index (χ1) is 16.7. The Morgan fingerprint density at radius 1 is 0.882 bits per heavy atom. The molecule has 0 N–H and O–H groups in total. The highest BCUT2D eigenvalue weighted by Crippen LogP contribution is 2.26. The van der Waals surface area contributed by atoms with Crippen molar-refractivity contribution in [1.82, 2.24) is 4.90 Å². The van der Waals surface area contributed by atoms with Gasteiger partial charge in [-0.05, 0) is 35.4 Å². The number of rotatable bonds is 6. The maximum atomic E-state index is 12.9. The van der Waals surface area contributed by atoms with Crippen molar-refractivity contribution in [2.75, 3.05) is 32.9 Å². The molecule has 172 valence electrons. The van der Waals surface area contributed by atoms with Gasteiger partial charge in [-0.2, -0.15) is 0 Å². The van der Waals surface area contributed by atoms with Crippen LogP contribution in [-0.4, -0.2) is 43.7 Å². The third-order valence-electron chi connectivity index (χ3n) is 5.63. The second-order valence-corrected chi connectivity index (χ2v) is 7.86. The normalized spacial score (nSPS) is 13.6. The smallest absolute Gasteiger partial charge is 0.260 e. The maximum Gasteiger partial charge on any atom is 0.260 e. The van der Waals surface area contributed by atoms with E-state index in [0.717, 1.165) is 11.1 Å². The molecule has 1 saturated heterocycles. The Morgan fingerprint density at radius 3 is 2.35 bits per heavy atom. The van der Waals surface area contributed by atoms with E-state index in [4.69, 9.17) is 18.6 Å². The topological polar surface area (TPSA) is 78.2 Å². The van der Waals surface area contributed by atoms with Crippen molar-refractivity contribution in [2.45, 2.75) is 0 Å².